The molecule has 3 aromatic carbocycles. The van der Waals surface area contributed by atoms with Gasteiger partial charge >= 0.3 is 0 Å². The van der Waals surface area contributed by atoms with Gasteiger partial charge in [0.05, 0.1) is 5.52 Å². The van der Waals surface area contributed by atoms with Crippen molar-refractivity contribution in [1.29, 1.82) is 0 Å². The first kappa shape index (κ1) is 12.1. The Labute approximate surface area is 121 Å². The third-order valence-electron chi connectivity index (χ3n) is 3.75. The lowest BCUT2D eigenvalue weighted by Crippen LogP contribution is -1.92. The Hall–Kier alpha value is -2.68. The van der Waals surface area contributed by atoms with E-state index in [1.54, 1.807) is 6.07 Å². The van der Waals surface area contributed by atoms with E-state index >= 15 is 0 Å². The summed E-state index contributed by atoms with van der Waals surface area (Å²) in [6.07, 6.45) is 0.662. The van der Waals surface area contributed by atoms with Gasteiger partial charge in [-0.05, 0) is 28.5 Å². The number of fused-ring (bicyclic) bond motifs is 2. The Kier molecular flexibility index (Phi) is 2.71. The van der Waals surface area contributed by atoms with Gasteiger partial charge in [0.15, 0.2) is 5.82 Å². The van der Waals surface area contributed by atoms with E-state index in [-0.39, 0.29) is 5.82 Å². The average Bonchev–Trinajstić information content (AvgIpc) is 2.92. The second-order valence-electron chi connectivity index (χ2n) is 5.13. The van der Waals surface area contributed by atoms with E-state index in [4.69, 9.17) is 0 Å². The average molecular weight is 276 g/mol. The minimum absolute atomic E-state index is 0.284. The Bertz CT molecular complexity index is 935. The van der Waals surface area contributed by atoms with Crippen LogP contribution < -0.4 is 0 Å². The minimum atomic E-state index is -0.284. The van der Waals surface area contributed by atoms with Gasteiger partial charge in [-0.25, -0.2) is 9.37 Å². The summed E-state index contributed by atoms with van der Waals surface area (Å²) in [5.41, 5.74) is 2.34. The number of halogens is 1. The Morgan fingerprint density at radius 1 is 0.905 bits per heavy atom. The molecule has 0 saturated heterocycles. The fourth-order valence-electron chi connectivity index (χ4n) is 2.76. The molecule has 4 aromatic rings. The fourth-order valence-corrected chi connectivity index (χ4v) is 2.76. The van der Waals surface area contributed by atoms with E-state index in [1.165, 1.54) is 22.4 Å². The van der Waals surface area contributed by atoms with Crippen LogP contribution in [0, 0.1) is 5.82 Å². The first-order chi connectivity index (χ1) is 10.3. The van der Waals surface area contributed by atoms with Crippen LogP contribution in [0.4, 0.5) is 4.39 Å². The first-order valence-electron chi connectivity index (χ1n) is 6.91. The van der Waals surface area contributed by atoms with Crippen molar-refractivity contribution in [2.24, 2.45) is 0 Å². The highest BCUT2D eigenvalue weighted by Gasteiger charge is 2.09. The van der Waals surface area contributed by atoms with Gasteiger partial charge in [0.25, 0.3) is 0 Å². The SMILES string of the molecule is Fc1cccc2[nH]c(Cc3cccc4ccccc34)nc12. The monoisotopic (exact) mass is 276 g/mol. The van der Waals surface area contributed by atoms with Crippen LogP contribution in [0.3, 0.4) is 0 Å². The highest BCUT2D eigenvalue weighted by molar-refractivity contribution is 5.86. The maximum Gasteiger partial charge on any atom is 0.151 e. The topological polar surface area (TPSA) is 28.7 Å². The second-order valence-corrected chi connectivity index (χ2v) is 5.13. The number of benzene rings is 3. The van der Waals surface area contributed by atoms with Gasteiger partial charge in [-0.2, -0.15) is 0 Å². The van der Waals surface area contributed by atoms with Crippen molar-refractivity contribution >= 4 is 21.8 Å². The lowest BCUT2D eigenvalue weighted by Gasteiger charge is -2.04. The molecule has 0 radical (unpaired) electrons. The van der Waals surface area contributed by atoms with Crippen molar-refractivity contribution in [2.75, 3.05) is 0 Å². The standard InChI is InChI=1S/C18H13FN2/c19-15-9-4-10-16-18(15)21-17(20-16)11-13-7-3-6-12-5-1-2-8-14(12)13/h1-10H,11H2,(H,20,21). The molecule has 1 aromatic heterocycles. The van der Waals surface area contributed by atoms with Crippen molar-refractivity contribution in [3.8, 4) is 0 Å². The van der Waals surface area contributed by atoms with Crippen LogP contribution in [0.15, 0.2) is 60.7 Å². The molecule has 1 N–H and O–H groups in total. The van der Waals surface area contributed by atoms with E-state index in [0.29, 0.717) is 11.9 Å². The number of imidazole rings is 1. The summed E-state index contributed by atoms with van der Waals surface area (Å²) in [4.78, 5) is 7.58. The van der Waals surface area contributed by atoms with E-state index in [2.05, 4.69) is 34.2 Å². The molecule has 0 amide bonds. The number of nitrogens with one attached hydrogen (secondary N) is 1. The number of hydrogen-bond acceptors (Lipinski definition) is 1. The third kappa shape index (κ3) is 2.07. The molecule has 0 fully saturated rings. The number of aromatic nitrogens is 2. The second kappa shape index (κ2) is 4.70. The molecule has 3 heteroatoms. The molecule has 1 heterocycles. The van der Waals surface area contributed by atoms with Crippen LogP contribution >= 0.6 is 0 Å². The Balaban J connectivity index is 1.81. The summed E-state index contributed by atoms with van der Waals surface area (Å²) in [6.45, 7) is 0. The van der Waals surface area contributed by atoms with Crippen LogP contribution in [0.5, 0.6) is 0 Å². The third-order valence-corrected chi connectivity index (χ3v) is 3.75. The highest BCUT2D eigenvalue weighted by Crippen LogP contribution is 2.22. The summed E-state index contributed by atoms with van der Waals surface area (Å²) in [6, 6.07) is 19.5. The summed E-state index contributed by atoms with van der Waals surface area (Å²) < 4.78 is 13.7. The van der Waals surface area contributed by atoms with Crippen molar-refractivity contribution in [1.82, 2.24) is 9.97 Å². The number of nitrogens with zero attached hydrogens (tertiary/aromatic N) is 1. The van der Waals surface area contributed by atoms with Gasteiger partial charge in [0.2, 0.25) is 0 Å². The number of hydrogen-bond donors (Lipinski definition) is 1. The minimum Gasteiger partial charge on any atom is -0.342 e. The molecule has 21 heavy (non-hydrogen) atoms. The molecular formula is C18H13FN2. The maximum absolute atomic E-state index is 13.7. The molecule has 0 saturated carbocycles. The van der Waals surface area contributed by atoms with Crippen LogP contribution in [-0.4, -0.2) is 9.97 Å². The summed E-state index contributed by atoms with van der Waals surface area (Å²) in [7, 11) is 0. The first-order valence-corrected chi connectivity index (χ1v) is 6.91. The van der Waals surface area contributed by atoms with Crippen molar-refractivity contribution in [2.45, 2.75) is 6.42 Å². The van der Waals surface area contributed by atoms with E-state index in [1.807, 2.05) is 24.3 Å². The van der Waals surface area contributed by atoms with Crippen LogP contribution in [-0.2, 0) is 6.42 Å². The van der Waals surface area contributed by atoms with Crippen molar-refractivity contribution in [3.63, 3.8) is 0 Å². The van der Waals surface area contributed by atoms with E-state index in [0.717, 1.165) is 11.3 Å². The maximum atomic E-state index is 13.7. The van der Waals surface area contributed by atoms with E-state index in [9.17, 15) is 4.39 Å². The molecule has 2 nitrogen and oxygen atoms in total. The normalized spacial score (nSPS) is 11.3. The number of aromatic amines is 1. The molecule has 4 rings (SSSR count). The lowest BCUT2D eigenvalue weighted by molar-refractivity contribution is 0.637. The molecule has 0 bridgehead atoms. The zero-order valence-electron chi connectivity index (χ0n) is 11.3. The molecule has 0 aliphatic carbocycles. The summed E-state index contributed by atoms with van der Waals surface area (Å²) in [5, 5.41) is 2.42. The van der Waals surface area contributed by atoms with E-state index < -0.39 is 0 Å². The van der Waals surface area contributed by atoms with Gasteiger partial charge in [-0.15, -0.1) is 0 Å². The lowest BCUT2D eigenvalue weighted by atomic mass is 10.0. The zero-order chi connectivity index (χ0) is 14.2. The van der Waals surface area contributed by atoms with Crippen molar-refractivity contribution < 1.29 is 4.39 Å². The number of H-pyrrole nitrogens is 1. The van der Waals surface area contributed by atoms with Crippen molar-refractivity contribution in [3.05, 3.63) is 77.9 Å². The van der Waals surface area contributed by atoms with Gasteiger partial charge in [-0.1, -0.05) is 48.5 Å². The number of rotatable bonds is 2. The fraction of sp³-hybridized carbons (Fsp3) is 0.0556. The smallest absolute Gasteiger partial charge is 0.151 e. The molecule has 0 aliphatic rings. The van der Waals surface area contributed by atoms with Crippen LogP contribution in [0.25, 0.3) is 21.8 Å². The highest BCUT2D eigenvalue weighted by atomic mass is 19.1. The Morgan fingerprint density at radius 3 is 2.62 bits per heavy atom. The molecule has 0 spiro atoms. The molecule has 0 atom stereocenters. The summed E-state index contributed by atoms with van der Waals surface area (Å²) >= 11 is 0. The largest absolute Gasteiger partial charge is 0.342 e. The molecule has 0 aliphatic heterocycles. The van der Waals surface area contributed by atoms with Gasteiger partial charge in [0, 0.05) is 6.42 Å². The van der Waals surface area contributed by atoms with Gasteiger partial charge in [0.1, 0.15) is 11.3 Å². The zero-order valence-corrected chi connectivity index (χ0v) is 11.3. The summed E-state index contributed by atoms with van der Waals surface area (Å²) in [5.74, 6) is 0.499. The van der Waals surface area contributed by atoms with Gasteiger partial charge in [-0.3, -0.25) is 0 Å². The predicted molar refractivity (Wildman–Crippen MR) is 82.8 cm³/mol. The van der Waals surface area contributed by atoms with Crippen LogP contribution in [0.2, 0.25) is 0 Å². The number of para-hydroxylation sites is 1. The molecule has 102 valence electrons. The Morgan fingerprint density at radius 2 is 1.71 bits per heavy atom. The molecular weight excluding hydrogens is 263 g/mol. The predicted octanol–water partition coefficient (Wildman–Crippen LogP) is 4.45. The molecule has 0 unspecified atom stereocenters. The van der Waals surface area contributed by atoms with Gasteiger partial charge < -0.3 is 4.98 Å². The van der Waals surface area contributed by atoms with Crippen LogP contribution in [0.1, 0.15) is 11.4 Å². The quantitative estimate of drug-likeness (QED) is 0.576.